The van der Waals surface area contributed by atoms with Gasteiger partial charge in [0.15, 0.2) is 0 Å². The molecule has 2 aliphatic rings. The minimum absolute atomic E-state index is 0.116. The number of hydrogen-bond acceptors (Lipinski definition) is 4. The zero-order valence-electron chi connectivity index (χ0n) is 13.9. The van der Waals surface area contributed by atoms with Crippen molar-refractivity contribution in [1.29, 1.82) is 0 Å². The lowest BCUT2D eigenvalue weighted by Gasteiger charge is -2.42. The molecular weight excluding hydrogens is 336 g/mol. The Morgan fingerprint density at radius 3 is 3.04 bits per heavy atom. The number of hydrogen-bond donors (Lipinski definition) is 1. The maximum atomic E-state index is 12.7. The molecule has 6 heteroatoms. The molecule has 130 valence electrons. The molecule has 1 fully saturated rings. The highest BCUT2D eigenvalue weighted by Crippen LogP contribution is 2.32. The number of nitrogens with zero attached hydrogens (tertiary/aromatic N) is 1. The van der Waals surface area contributed by atoms with Gasteiger partial charge in [0.2, 0.25) is 5.91 Å². The lowest BCUT2D eigenvalue weighted by Crippen LogP contribution is -2.58. The maximum absolute atomic E-state index is 12.7. The van der Waals surface area contributed by atoms with E-state index in [1.165, 1.54) is 0 Å². The van der Waals surface area contributed by atoms with E-state index >= 15 is 0 Å². The number of ether oxygens (including phenoxy) is 1. The molecule has 0 aliphatic carbocycles. The fraction of sp³-hybridized carbons (Fsp3) is 0.368. The number of para-hydroxylation sites is 1. The molecule has 2 amide bonds. The first kappa shape index (κ1) is 16.1. The van der Waals surface area contributed by atoms with Crippen LogP contribution in [0.3, 0.4) is 0 Å². The van der Waals surface area contributed by atoms with Crippen molar-refractivity contribution >= 4 is 23.2 Å². The van der Waals surface area contributed by atoms with Crippen LogP contribution in [0.2, 0.25) is 0 Å². The van der Waals surface area contributed by atoms with Gasteiger partial charge in [-0.15, -0.1) is 0 Å². The number of piperidine rings is 1. The van der Waals surface area contributed by atoms with E-state index in [-0.39, 0.29) is 11.8 Å². The summed E-state index contributed by atoms with van der Waals surface area (Å²) < 4.78 is 6.30. The van der Waals surface area contributed by atoms with Crippen LogP contribution in [0.4, 0.5) is 0 Å². The van der Waals surface area contributed by atoms with Crippen LogP contribution >= 0.6 is 11.3 Å². The molecule has 25 heavy (non-hydrogen) atoms. The number of benzene rings is 1. The third kappa shape index (κ3) is 3.26. The standard InChI is InChI=1S/C19H20N2O3S/c22-17(10-14-6-9-25-11-14)21-8-3-7-19(13-21)12-20-18(23)15-4-1-2-5-16(15)24-19/h1-2,4-6,9,11H,3,7-8,10,12-13H2,(H,20,23). The van der Waals surface area contributed by atoms with Crippen LogP contribution in [0.5, 0.6) is 5.75 Å². The summed E-state index contributed by atoms with van der Waals surface area (Å²) in [6, 6.07) is 9.28. The number of rotatable bonds is 2. The van der Waals surface area contributed by atoms with Crippen LogP contribution in [0.25, 0.3) is 0 Å². The van der Waals surface area contributed by atoms with Crippen molar-refractivity contribution in [1.82, 2.24) is 10.2 Å². The first-order valence-corrected chi connectivity index (χ1v) is 9.45. The third-order valence-electron chi connectivity index (χ3n) is 4.86. The van der Waals surface area contributed by atoms with Crippen molar-refractivity contribution in [2.24, 2.45) is 0 Å². The van der Waals surface area contributed by atoms with Crippen LogP contribution in [-0.2, 0) is 11.2 Å². The van der Waals surface area contributed by atoms with Gasteiger partial charge in [-0.2, -0.15) is 11.3 Å². The smallest absolute Gasteiger partial charge is 0.255 e. The topological polar surface area (TPSA) is 58.6 Å². The highest BCUT2D eigenvalue weighted by Gasteiger charge is 2.41. The molecule has 1 unspecified atom stereocenters. The van der Waals surface area contributed by atoms with Gasteiger partial charge < -0.3 is 15.0 Å². The second-order valence-electron chi connectivity index (χ2n) is 6.69. The number of carbonyl (C=O) groups is 2. The Bertz CT molecular complexity index is 790. The van der Waals surface area contributed by atoms with Crippen LogP contribution in [0, 0.1) is 0 Å². The zero-order valence-corrected chi connectivity index (χ0v) is 14.7. The van der Waals surface area contributed by atoms with Crippen molar-refractivity contribution in [3.05, 3.63) is 52.2 Å². The number of thiophene rings is 1. The normalized spacial score (nSPS) is 22.7. The van der Waals surface area contributed by atoms with E-state index in [0.29, 0.717) is 30.8 Å². The molecule has 0 radical (unpaired) electrons. The lowest BCUT2D eigenvalue weighted by molar-refractivity contribution is -0.136. The predicted octanol–water partition coefficient (Wildman–Crippen LogP) is 2.47. The minimum Gasteiger partial charge on any atom is -0.483 e. The molecule has 4 rings (SSSR count). The highest BCUT2D eigenvalue weighted by atomic mass is 32.1. The van der Waals surface area contributed by atoms with Gasteiger partial charge in [-0.25, -0.2) is 0 Å². The fourth-order valence-corrected chi connectivity index (χ4v) is 4.24. The molecule has 1 N–H and O–H groups in total. The van der Waals surface area contributed by atoms with Crippen molar-refractivity contribution in [2.75, 3.05) is 19.6 Å². The summed E-state index contributed by atoms with van der Waals surface area (Å²) in [6.45, 7) is 1.66. The van der Waals surface area contributed by atoms with Crippen molar-refractivity contribution in [3.8, 4) is 5.75 Å². The minimum atomic E-state index is -0.551. The van der Waals surface area contributed by atoms with Crippen LogP contribution in [0.15, 0.2) is 41.1 Å². The Hall–Kier alpha value is -2.34. The quantitative estimate of drug-likeness (QED) is 0.899. The number of amides is 2. The Balaban J connectivity index is 1.54. The summed E-state index contributed by atoms with van der Waals surface area (Å²) >= 11 is 1.60. The molecule has 0 bridgehead atoms. The average Bonchev–Trinajstić information content (AvgIpc) is 3.09. The number of likely N-dealkylation sites (tertiary alicyclic amines) is 1. The average molecular weight is 356 g/mol. The van der Waals surface area contributed by atoms with Crippen molar-refractivity contribution < 1.29 is 14.3 Å². The van der Waals surface area contributed by atoms with Gasteiger partial charge in [0.1, 0.15) is 11.4 Å². The molecule has 5 nitrogen and oxygen atoms in total. The van der Waals surface area contributed by atoms with E-state index in [2.05, 4.69) is 5.32 Å². The Morgan fingerprint density at radius 2 is 2.20 bits per heavy atom. The van der Waals surface area contributed by atoms with E-state index in [1.54, 1.807) is 17.4 Å². The van der Waals surface area contributed by atoms with E-state index in [4.69, 9.17) is 4.74 Å². The molecule has 0 saturated carbocycles. The Kier molecular flexibility index (Phi) is 4.21. The first-order chi connectivity index (χ1) is 12.2. The first-order valence-electron chi connectivity index (χ1n) is 8.50. The Morgan fingerprint density at radius 1 is 1.32 bits per heavy atom. The zero-order chi connectivity index (χ0) is 17.3. The number of carbonyl (C=O) groups excluding carboxylic acids is 2. The van der Waals surface area contributed by atoms with Gasteiger partial charge in [0.05, 0.1) is 25.1 Å². The predicted molar refractivity (Wildman–Crippen MR) is 96.0 cm³/mol. The summed E-state index contributed by atoms with van der Waals surface area (Å²) in [4.78, 5) is 26.8. The summed E-state index contributed by atoms with van der Waals surface area (Å²) in [6.07, 6.45) is 2.11. The van der Waals surface area contributed by atoms with E-state index < -0.39 is 5.60 Å². The lowest BCUT2D eigenvalue weighted by atomic mass is 9.92. The van der Waals surface area contributed by atoms with Crippen LogP contribution in [-0.4, -0.2) is 41.9 Å². The monoisotopic (exact) mass is 356 g/mol. The number of fused-ring (bicyclic) bond motifs is 1. The molecule has 2 aromatic rings. The van der Waals surface area contributed by atoms with Gasteiger partial charge in [0, 0.05) is 6.54 Å². The second-order valence-corrected chi connectivity index (χ2v) is 7.47. The second kappa shape index (κ2) is 6.52. The molecular formula is C19H20N2O3S. The molecule has 2 aliphatic heterocycles. The van der Waals surface area contributed by atoms with Crippen LogP contribution in [0.1, 0.15) is 28.8 Å². The maximum Gasteiger partial charge on any atom is 0.255 e. The molecule has 1 aromatic carbocycles. The Labute approximate surface area is 150 Å². The molecule has 1 aromatic heterocycles. The van der Waals surface area contributed by atoms with Crippen molar-refractivity contribution in [3.63, 3.8) is 0 Å². The molecule has 3 heterocycles. The molecule has 1 spiro atoms. The molecule has 1 saturated heterocycles. The summed E-state index contributed by atoms with van der Waals surface area (Å²) in [7, 11) is 0. The van der Waals surface area contributed by atoms with Gasteiger partial charge in [0.25, 0.3) is 5.91 Å². The third-order valence-corrected chi connectivity index (χ3v) is 5.59. The summed E-state index contributed by atoms with van der Waals surface area (Å²) in [5.41, 5.74) is 1.06. The number of nitrogens with one attached hydrogen (secondary N) is 1. The summed E-state index contributed by atoms with van der Waals surface area (Å²) in [5, 5.41) is 6.96. The van der Waals surface area contributed by atoms with Gasteiger partial charge in [-0.05, 0) is 47.4 Å². The SMILES string of the molecule is O=C1NCC2(CCCN(C(=O)Cc3ccsc3)C2)Oc2ccccc21. The van der Waals surface area contributed by atoms with E-state index in [9.17, 15) is 9.59 Å². The largest absolute Gasteiger partial charge is 0.483 e. The summed E-state index contributed by atoms with van der Waals surface area (Å²) in [5.74, 6) is 0.601. The van der Waals surface area contributed by atoms with Crippen LogP contribution < -0.4 is 10.1 Å². The van der Waals surface area contributed by atoms with Crippen molar-refractivity contribution in [2.45, 2.75) is 24.9 Å². The van der Waals surface area contributed by atoms with E-state index in [1.807, 2.05) is 39.9 Å². The van der Waals surface area contributed by atoms with Gasteiger partial charge in [-0.1, -0.05) is 12.1 Å². The molecule has 1 atom stereocenters. The van der Waals surface area contributed by atoms with E-state index in [0.717, 1.165) is 24.9 Å². The van der Waals surface area contributed by atoms with Gasteiger partial charge >= 0.3 is 0 Å². The fourth-order valence-electron chi connectivity index (χ4n) is 3.57. The highest BCUT2D eigenvalue weighted by molar-refractivity contribution is 7.08. The van der Waals surface area contributed by atoms with Gasteiger partial charge in [-0.3, -0.25) is 9.59 Å².